The topological polar surface area (TPSA) is 154 Å². The van der Waals surface area contributed by atoms with Crippen molar-refractivity contribution < 1.29 is 24.2 Å². The first kappa shape index (κ1) is 22.7. The lowest BCUT2D eigenvalue weighted by molar-refractivity contribution is -0.385. The van der Waals surface area contributed by atoms with E-state index in [9.17, 15) is 29.8 Å². The van der Waals surface area contributed by atoms with E-state index in [4.69, 9.17) is 4.74 Å². The van der Waals surface area contributed by atoms with Crippen molar-refractivity contribution in [3.8, 4) is 5.75 Å². The van der Waals surface area contributed by atoms with Crippen LogP contribution >= 0.6 is 0 Å². The van der Waals surface area contributed by atoms with Gasteiger partial charge in [-0.3, -0.25) is 25.0 Å². The number of ether oxygens (including phenoxy) is 1. The van der Waals surface area contributed by atoms with Gasteiger partial charge in [-0.15, -0.1) is 0 Å². The average molecular weight is 448 g/mol. The van der Waals surface area contributed by atoms with Crippen LogP contribution in [-0.4, -0.2) is 27.9 Å². The van der Waals surface area contributed by atoms with Gasteiger partial charge in [-0.2, -0.15) is 5.10 Å². The zero-order chi connectivity index (χ0) is 23.8. The van der Waals surface area contributed by atoms with Gasteiger partial charge < -0.3 is 4.74 Å². The average Bonchev–Trinajstić information content (AvgIpc) is 2.80. The summed E-state index contributed by atoms with van der Waals surface area (Å²) in [6, 6.07) is 17.0. The van der Waals surface area contributed by atoms with Crippen LogP contribution < -0.4 is 10.2 Å². The molecule has 11 heteroatoms. The van der Waals surface area contributed by atoms with E-state index >= 15 is 0 Å². The second-order valence-corrected chi connectivity index (χ2v) is 6.66. The summed E-state index contributed by atoms with van der Waals surface area (Å²) >= 11 is 0. The lowest BCUT2D eigenvalue weighted by Gasteiger charge is -2.04. The number of amides is 1. The molecule has 3 aromatic rings. The fourth-order valence-electron chi connectivity index (χ4n) is 2.65. The van der Waals surface area contributed by atoms with Crippen LogP contribution in [0.4, 0.5) is 11.4 Å². The summed E-state index contributed by atoms with van der Waals surface area (Å²) in [5.74, 6) is -0.795. The van der Waals surface area contributed by atoms with Crippen molar-refractivity contribution >= 4 is 29.5 Å². The lowest BCUT2D eigenvalue weighted by Crippen LogP contribution is -2.19. The standard InChI is InChI=1S/C22H16N4O7/c27-21(13-15-1-7-18(8-2-15)25(29)30)24-23-14-16-3-11-20(12-4-16)33-22(28)17-5-9-19(10-6-17)26(31)32/h1-12,14H,13H2,(H,24,27)/b23-14-. The molecule has 0 spiro atoms. The third kappa shape index (κ3) is 6.52. The summed E-state index contributed by atoms with van der Waals surface area (Å²) in [5.41, 5.74) is 3.57. The van der Waals surface area contributed by atoms with Crippen molar-refractivity contribution in [1.29, 1.82) is 0 Å². The highest BCUT2D eigenvalue weighted by molar-refractivity contribution is 5.91. The van der Waals surface area contributed by atoms with Crippen molar-refractivity contribution in [2.45, 2.75) is 6.42 Å². The monoisotopic (exact) mass is 448 g/mol. The SMILES string of the molecule is O=C(Cc1ccc([N+](=O)[O-])cc1)N/N=C\c1ccc(OC(=O)c2ccc([N+](=O)[O-])cc2)cc1. The summed E-state index contributed by atoms with van der Waals surface area (Å²) < 4.78 is 5.22. The molecule has 0 bridgehead atoms. The van der Waals surface area contributed by atoms with E-state index in [1.807, 2.05) is 0 Å². The van der Waals surface area contributed by atoms with Crippen LogP contribution in [0.5, 0.6) is 5.75 Å². The van der Waals surface area contributed by atoms with Gasteiger partial charge in [0.2, 0.25) is 5.91 Å². The number of non-ortho nitro benzene ring substituents is 2. The minimum Gasteiger partial charge on any atom is -0.423 e. The Hall–Kier alpha value is -4.93. The number of esters is 1. The molecule has 0 heterocycles. The van der Waals surface area contributed by atoms with Gasteiger partial charge in [0.25, 0.3) is 11.4 Å². The predicted octanol–water partition coefficient (Wildman–Crippen LogP) is 3.42. The summed E-state index contributed by atoms with van der Waals surface area (Å²) in [4.78, 5) is 44.3. The Morgan fingerprint density at radius 2 is 1.39 bits per heavy atom. The molecule has 3 rings (SSSR count). The van der Waals surface area contributed by atoms with Gasteiger partial charge in [0.1, 0.15) is 5.75 Å². The molecule has 0 aromatic heterocycles. The molecule has 0 aliphatic heterocycles. The normalized spacial score (nSPS) is 10.5. The van der Waals surface area contributed by atoms with Crippen LogP contribution in [0.3, 0.4) is 0 Å². The molecular formula is C22H16N4O7. The fraction of sp³-hybridized carbons (Fsp3) is 0.0455. The Bertz CT molecular complexity index is 1210. The quantitative estimate of drug-likeness (QED) is 0.182. The Morgan fingerprint density at radius 3 is 1.94 bits per heavy atom. The van der Waals surface area contributed by atoms with Crippen LogP contribution in [0, 0.1) is 20.2 Å². The Morgan fingerprint density at radius 1 is 0.848 bits per heavy atom. The highest BCUT2D eigenvalue weighted by atomic mass is 16.6. The van der Waals surface area contributed by atoms with Crippen molar-refractivity contribution in [1.82, 2.24) is 5.43 Å². The Labute approximate surface area is 186 Å². The molecule has 0 atom stereocenters. The lowest BCUT2D eigenvalue weighted by atomic mass is 10.1. The molecule has 166 valence electrons. The van der Waals surface area contributed by atoms with Gasteiger partial charge in [-0.25, -0.2) is 10.2 Å². The number of carbonyl (C=O) groups excluding carboxylic acids is 2. The molecule has 3 aromatic carbocycles. The molecule has 0 saturated heterocycles. The van der Waals surface area contributed by atoms with E-state index in [1.54, 1.807) is 12.1 Å². The summed E-state index contributed by atoms with van der Waals surface area (Å²) in [6.07, 6.45) is 1.41. The largest absolute Gasteiger partial charge is 0.423 e. The molecular weight excluding hydrogens is 432 g/mol. The molecule has 1 N–H and O–H groups in total. The van der Waals surface area contributed by atoms with E-state index in [-0.39, 0.29) is 29.1 Å². The number of hydrogen-bond donors (Lipinski definition) is 1. The number of hydrazone groups is 1. The highest BCUT2D eigenvalue weighted by Gasteiger charge is 2.11. The molecule has 0 radical (unpaired) electrons. The molecule has 1 amide bonds. The van der Waals surface area contributed by atoms with Crippen LogP contribution in [0.25, 0.3) is 0 Å². The van der Waals surface area contributed by atoms with Crippen molar-refractivity contribution in [2.24, 2.45) is 5.10 Å². The summed E-state index contributed by atoms with van der Waals surface area (Å²) in [7, 11) is 0. The molecule has 0 fully saturated rings. The minimum atomic E-state index is -0.662. The number of rotatable bonds is 8. The molecule has 0 unspecified atom stereocenters. The van der Waals surface area contributed by atoms with Gasteiger partial charge in [0.15, 0.2) is 0 Å². The van der Waals surface area contributed by atoms with E-state index < -0.39 is 21.7 Å². The zero-order valence-electron chi connectivity index (χ0n) is 16.9. The highest BCUT2D eigenvalue weighted by Crippen LogP contribution is 2.16. The predicted molar refractivity (Wildman–Crippen MR) is 117 cm³/mol. The van der Waals surface area contributed by atoms with Gasteiger partial charge in [0, 0.05) is 24.3 Å². The van der Waals surface area contributed by atoms with Crippen LogP contribution in [0.1, 0.15) is 21.5 Å². The smallest absolute Gasteiger partial charge is 0.343 e. The van der Waals surface area contributed by atoms with Gasteiger partial charge in [0.05, 0.1) is 28.0 Å². The molecule has 0 aliphatic rings. The van der Waals surface area contributed by atoms with E-state index in [0.29, 0.717) is 11.1 Å². The maximum atomic E-state index is 12.1. The first-order valence-corrected chi connectivity index (χ1v) is 9.44. The Balaban J connectivity index is 1.50. The fourth-order valence-corrected chi connectivity index (χ4v) is 2.65. The number of nitrogens with zero attached hydrogens (tertiary/aromatic N) is 3. The second-order valence-electron chi connectivity index (χ2n) is 6.66. The van der Waals surface area contributed by atoms with Crippen LogP contribution in [0.15, 0.2) is 77.9 Å². The maximum Gasteiger partial charge on any atom is 0.343 e. The van der Waals surface area contributed by atoms with Crippen LogP contribution in [-0.2, 0) is 11.2 Å². The first-order chi connectivity index (χ1) is 15.8. The van der Waals surface area contributed by atoms with Crippen molar-refractivity contribution in [3.05, 3.63) is 110 Å². The molecule has 11 nitrogen and oxygen atoms in total. The van der Waals surface area contributed by atoms with E-state index in [0.717, 1.165) is 0 Å². The first-order valence-electron chi connectivity index (χ1n) is 9.44. The summed E-state index contributed by atoms with van der Waals surface area (Å²) in [6.45, 7) is 0. The molecule has 33 heavy (non-hydrogen) atoms. The maximum absolute atomic E-state index is 12.1. The van der Waals surface area contributed by atoms with E-state index in [1.165, 1.54) is 66.9 Å². The number of nitro benzene ring substituents is 2. The van der Waals surface area contributed by atoms with Gasteiger partial charge in [-0.1, -0.05) is 12.1 Å². The number of carbonyl (C=O) groups is 2. The van der Waals surface area contributed by atoms with Gasteiger partial charge >= 0.3 is 5.97 Å². The zero-order valence-corrected chi connectivity index (χ0v) is 16.9. The molecule has 0 saturated carbocycles. The minimum absolute atomic E-state index is 0.00681. The van der Waals surface area contributed by atoms with Gasteiger partial charge in [-0.05, 0) is 47.5 Å². The number of nitro groups is 2. The number of nitrogens with one attached hydrogen (secondary N) is 1. The van der Waals surface area contributed by atoms with Crippen molar-refractivity contribution in [2.75, 3.05) is 0 Å². The number of hydrogen-bond acceptors (Lipinski definition) is 8. The van der Waals surface area contributed by atoms with E-state index in [2.05, 4.69) is 10.5 Å². The second kappa shape index (κ2) is 10.4. The number of benzene rings is 3. The third-order valence-corrected chi connectivity index (χ3v) is 4.32. The third-order valence-electron chi connectivity index (χ3n) is 4.32. The van der Waals surface area contributed by atoms with Crippen LogP contribution in [0.2, 0.25) is 0 Å². The van der Waals surface area contributed by atoms with Crippen molar-refractivity contribution in [3.63, 3.8) is 0 Å². The summed E-state index contributed by atoms with van der Waals surface area (Å²) in [5, 5.41) is 25.2. The Kier molecular flexibility index (Phi) is 7.17. The molecule has 0 aliphatic carbocycles.